The van der Waals surface area contributed by atoms with E-state index in [0.29, 0.717) is 24.0 Å². The lowest BCUT2D eigenvalue weighted by atomic mass is 10.2. The highest BCUT2D eigenvalue weighted by Gasteiger charge is 2.25. The summed E-state index contributed by atoms with van der Waals surface area (Å²) in [6.45, 7) is 2.77. The molecule has 0 aliphatic heterocycles. The van der Waals surface area contributed by atoms with Crippen LogP contribution >= 0.6 is 11.3 Å². The minimum atomic E-state index is -0.343. The Morgan fingerprint density at radius 1 is 1.00 bits per heavy atom. The van der Waals surface area contributed by atoms with Crippen molar-refractivity contribution in [1.82, 2.24) is 15.0 Å². The summed E-state index contributed by atoms with van der Waals surface area (Å²) in [6.07, 6.45) is 0. The highest BCUT2D eigenvalue weighted by molar-refractivity contribution is 7.22. The van der Waals surface area contributed by atoms with Gasteiger partial charge in [-0.15, -0.1) is 0 Å². The molecule has 0 atom stereocenters. The molecule has 8 nitrogen and oxygen atoms in total. The van der Waals surface area contributed by atoms with Gasteiger partial charge >= 0.3 is 6.01 Å². The fourth-order valence-electron chi connectivity index (χ4n) is 3.14. The van der Waals surface area contributed by atoms with Gasteiger partial charge in [0.2, 0.25) is 5.88 Å². The first-order chi connectivity index (χ1) is 15.6. The third kappa shape index (κ3) is 4.47. The first-order valence-electron chi connectivity index (χ1n) is 9.98. The van der Waals surface area contributed by atoms with Crippen LogP contribution in [0.4, 0.5) is 5.13 Å². The number of carbonyl (C=O) groups excluding carboxylic acids is 1. The minimum Gasteiger partial charge on any atom is -0.492 e. The van der Waals surface area contributed by atoms with Crippen LogP contribution in [0.1, 0.15) is 23.0 Å². The zero-order valence-electron chi connectivity index (χ0n) is 17.9. The number of amides is 1. The second-order valence-electron chi connectivity index (χ2n) is 6.69. The molecular weight excluding hydrogens is 428 g/mol. The van der Waals surface area contributed by atoms with E-state index < -0.39 is 0 Å². The van der Waals surface area contributed by atoms with Crippen molar-refractivity contribution in [2.75, 3.05) is 25.7 Å². The summed E-state index contributed by atoms with van der Waals surface area (Å²) in [4.78, 5) is 28.3. The number of hydrogen-bond acceptors (Lipinski definition) is 8. The zero-order chi connectivity index (χ0) is 22.5. The zero-order valence-corrected chi connectivity index (χ0v) is 18.8. The van der Waals surface area contributed by atoms with Crippen molar-refractivity contribution in [3.63, 3.8) is 0 Å². The van der Waals surface area contributed by atoms with Crippen LogP contribution in [0.3, 0.4) is 0 Å². The molecule has 32 heavy (non-hydrogen) atoms. The lowest BCUT2D eigenvalue weighted by molar-refractivity contribution is 0.0978. The number of anilines is 1. The number of benzene rings is 2. The standard InChI is InChI=1S/C23H22N4O4S/c1-4-31-17-11-8-12-18-20(17)26-23(32-18)27(14-15-9-6-5-7-10-15)21(28)16-13-19(29-2)25-22(24-16)30-3/h5-13H,4,14H2,1-3H3. The topological polar surface area (TPSA) is 86.7 Å². The molecule has 2 heterocycles. The lowest BCUT2D eigenvalue weighted by Gasteiger charge is -2.20. The maximum absolute atomic E-state index is 13.6. The Balaban J connectivity index is 1.80. The Kier molecular flexibility index (Phi) is 6.46. The Morgan fingerprint density at radius 2 is 1.81 bits per heavy atom. The monoisotopic (exact) mass is 450 g/mol. The van der Waals surface area contributed by atoms with Gasteiger partial charge in [-0.1, -0.05) is 47.7 Å². The fraction of sp³-hybridized carbons (Fsp3) is 0.217. The van der Waals surface area contributed by atoms with E-state index in [1.807, 2.05) is 55.5 Å². The van der Waals surface area contributed by atoms with E-state index in [-0.39, 0.29) is 23.5 Å². The summed E-state index contributed by atoms with van der Waals surface area (Å²) in [7, 11) is 2.91. The quantitative estimate of drug-likeness (QED) is 0.394. The van der Waals surface area contributed by atoms with Crippen LogP contribution in [-0.2, 0) is 6.54 Å². The van der Waals surface area contributed by atoms with Gasteiger partial charge in [-0.25, -0.2) is 4.98 Å². The van der Waals surface area contributed by atoms with Crippen LogP contribution in [0.25, 0.3) is 10.2 Å². The van der Waals surface area contributed by atoms with Crippen LogP contribution in [-0.4, -0.2) is 41.7 Å². The minimum absolute atomic E-state index is 0.0512. The molecule has 4 aromatic rings. The second kappa shape index (κ2) is 9.61. The van der Waals surface area contributed by atoms with Crippen LogP contribution < -0.4 is 19.1 Å². The number of aromatic nitrogens is 3. The van der Waals surface area contributed by atoms with Crippen molar-refractivity contribution in [1.29, 1.82) is 0 Å². The van der Waals surface area contributed by atoms with Crippen LogP contribution in [0.2, 0.25) is 0 Å². The van der Waals surface area contributed by atoms with Gasteiger partial charge in [-0.05, 0) is 24.6 Å². The molecule has 164 valence electrons. The van der Waals surface area contributed by atoms with E-state index in [1.165, 1.54) is 31.6 Å². The van der Waals surface area contributed by atoms with E-state index in [9.17, 15) is 4.79 Å². The third-order valence-electron chi connectivity index (χ3n) is 4.62. The highest BCUT2D eigenvalue weighted by Crippen LogP contribution is 2.35. The van der Waals surface area contributed by atoms with Gasteiger partial charge in [-0.3, -0.25) is 9.69 Å². The van der Waals surface area contributed by atoms with Gasteiger partial charge in [0.05, 0.1) is 32.1 Å². The molecule has 0 spiro atoms. The average molecular weight is 451 g/mol. The predicted molar refractivity (Wildman–Crippen MR) is 123 cm³/mol. The summed E-state index contributed by atoms with van der Waals surface area (Å²) < 4.78 is 17.0. The molecule has 0 radical (unpaired) electrons. The van der Waals surface area contributed by atoms with Gasteiger partial charge < -0.3 is 14.2 Å². The molecule has 0 saturated heterocycles. The molecule has 0 aliphatic rings. The first-order valence-corrected chi connectivity index (χ1v) is 10.8. The molecule has 2 aromatic heterocycles. The number of carbonyl (C=O) groups is 1. The summed E-state index contributed by atoms with van der Waals surface area (Å²) in [5, 5.41) is 0.539. The number of para-hydroxylation sites is 1. The fourth-order valence-corrected chi connectivity index (χ4v) is 4.12. The van der Waals surface area contributed by atoms with Gasteiger partial charge in [0, 0.05) is 6.07 Å². The number of nitrogens with zero attached hydrogens (tertiary/aromatic N) is 4. The van der Waals surface area contributed by atoms with Crippen molar-refractivity contribution in [3.8, 4) is 17.6 Å². The smallest absolute Gasteiger partial charge is 0.320 e. The van der Waals surface area contributed by atoms with Crippen LogP contribution in [0, 0.1) is 0 Å². The Morgan fingerprint density at radius 3 is 2.53 bits per heavy atom. The second-order valence-corrected chi connectivity index (χ2v) is 7.70. The number of fused-ring (bicyclic) bond motifs is 1. The summed E-state index contributed by atoms with van der Waals surface area (Å²) >= 11 is 1.42. The van der Waals surface area contributed by atoms with Crippen LogP contribution in [0.15, 0.2) is 54.6 Å². The van der Waals surface area contributed by atoms with Crippen molar-refractivity contribution in [3.05, 3.63) is 65.9 Å². The summed E-state index contributed by atoms with van der Waals surface area (Å²) in [6, 6.07) is 17.0. The molecule has 9 heteroatoms. The van der Waals surface area contributed by atoms with Gasteiger partial charge in [0.1, 0.15) is 17.0 Å². The van der Waals surface area contributed by atoms with E-state index in [1.54, 1.807) is 4.90 Å². The SMILES string of the molecule is CCOc1cccc2sc(N(Cc3ccccc3)C(=O)c3cc(OC)nc(OC)n3)nc12. The molecule has 0 fully saturated rings. The Labute approximate surface area is 189 Å². The van der Waals surface area contributed by atoms with Crippen molar-refractivity contribution in [2.24, 2.45) is 0 Å². The van der Waals surface area contributed by atoms with E-state index in [2.05, 4.69) is 9.97 Å². The predicted octanol–water partition coefficient (Wildman–Crippen LogP) is 4.35. The van der Waals surface area contributed by atoms with E-state index in [4.69, 9.17) is 19.2 Å². The van der Waals surface area contributed by atoms with Crippen molar-refractivity contribution >= 4 is 32.6 Å². The van der Waals surface area contributed by atoms with E-state index >= 15 is 0 Å². The summed E-state index contributed by atoms with van der Waals surface area (Å²) in [5.74, 6) is 0.581. The molecular formula is C23H22N4O4S. The molecule has 0 aliphatic carbocycles. The number of hydrogen-bond donors (Lipinski definition) is 0. The summed E-state index contributed by atoms with van der Waals surface area (Å²) in [5.41, 5.74) is 1.82. The number of ether oxygens (including phenoxy) is 3. The molecule has 0 saturated carbocycles. The highest BCUT2D eigenvalue weighted by atomic mass is 32.1. The maximum atomic E-state index is 13.6. The Hall–Kier alpha value is -3.72. The van der Waals surface area contributed by atoms with Crippen LogP contribution in [0.5, 0.6) is 17.6 Å². The molecule has 4 rings (SSSR count). The third-order valence-corrected chi connectivity index (χ3v) is 5.67. The molecule has 0 unspecified atom stereocenters. The first kappa shape index (κ1) is 21.5. The molecule has 2 aromatic carbocycles. The lowest BCUT2D eigenvalue weighted by Crippen LogP contribution is -2.31. The molecule has 0 N–H and O–H groups in total. The molecule has 0 bridgehead atoms. The number of rotatable bonds is 8. The van der Waals surface area contributed by atoms with E-state index in [0.717, 1.165) is 15.8 Å². The van der Waals surface area contributed by atoms with Gasteiger partial charge in [0.25, 0.3) is 5.91 Å². The molecule has 1 amide bonds. The van der Waals surface area contributed by atoms with Gasteiger partial charge in [-0.2, -0.15) is 9.97 Å². The number of methoxy groups -OCH3 is 2. The largest absolute Gasteiger partial charge is 0.492 e. The van der Waals surface area contributed by atoms with Gasteiger partial charge in [0.15, 0.2) is 5.13 Å². The number of thiazole rings is 1. The van der Waals surface area contributed by atoms with Crippen molar-refractivity contribution < 1.29 is 19.0 Å². The normalized spacial score (nSPS) is 10.7. The maximum Gasteiger partial charge on any atom is 0.320 e. The Bertz CT molecular complexity index is 1210. The van der Waals surface area contributed by atoms with Crippen molar-refractivity contribution in [2.45, 2.75) is 13.5 Å². The average Bonchev–Trinajstić information content (AvgIpc) is 3.27.